The summed E-state index contributed by atoms with van der Waals surface area (Å²) in [5.74, 6) is 0. The number of aliphatic hydroxyl groups excluding tert-OH is 2. The Morgan fingerprint density at radius 1 is 1.47 bits per heavy atom. The van der Waals surface area contributed by atoms with Gasteiger partial charge in [-0.25, -0.2) is 5.43 Å². The van der Waals surface area contributed by atoms with E-state index in [1.165, 1.54) is 0 Å². The minimum absolute atomic E-state index is 0.0372. The van der Waals surface area contributed by atoms with E-state index in [0.717, 1.165) is 5.69 Å². The second kappa shape index (κ2) is 3.81. The van der Waals surface area contributed by atoms with Gasteiger partial charge < -0.3 is 15.2 Å². The molecule has 0 radical (unpaired) electrons. The SMILES string of the molecule is CC1(CO)CN(c2ccccc2)NC1O. The van der Waals surface area contributed by atoms with Crippen molar-refractivity contribution >= 4 is 5.69 Å². The monoisotopic (exact) mass is 208 g/mol. The molecule has 1 aromatic rings. The lowest BCUT2D eigenvalue weighted by molar-refractivity contribution is 0.0151. The Labute approximate surface area is 89.1 Å². The van der Waals surface area contributed by atoms with Crippen LogP contribution in [0.2, 0.25) is 0 Å². The molecule has 1 saturated heterocycles. The summed E-state index contributed by atoms with van der Waals surface area (Å²) in [5.41, 5.74) is 3.43. The average molecular weight is 208 g/mol. The summed E-state index contributed by atoms with van der Waals surface area (Å²) in [4.78, 5) is 0. The Balaban J connectivity index is 2.16. The molecule has 2 atom stereocenters. The fraction of sp³-hybridized carbons (Fsp3) is 0.455. The second-order valence-electron chi connectivity index (χ2n) is 4.27. The third kappa shape index (κ3) is 1.84. The highest BCUT2D eigenvalue weighted by atomic mass is 16.3. The normalized spacial score (nSPS) is 30.9. The number of benzene rings is 1. The largest absolute Gasteiger partial charge is 0.396 e. The van der Waals surface area contributed by atoms with E-state index in [4.69, 9.17) is 0 Å². The average Bonchev–Trinajstić information content (AvgIpc) is 2.58. The molecule has 0 aliphatic carbocycles. The Hall–Kier alpha value is -1.10. The van der Waals surface area contributed by atoms with E-state index in [9.17, 15) is 10.2 Å². The summed E-state index contributed by atoms with van der Waals surface area (Å²) in [6.07, 6.45) is -0.706. The molecule has 2 rings (SSSR count). The fourth-order valence-corrected chi connectivity index (χ4v) is 1.71. The van der Waals surface area contributed by atoms with Gasteiger partial charge in [-0.3, -0.25) is 0 Å². The zero-order chi connectivity index (χ0) is 10.9. The van der Waals surface area contributed by atoms with Crippen molar-refractivity contribution in [3.05, 3.63) is 30.3 Å². The summed E-state index contributed by atoms with van der Waals surface area (Å²) in [5, 5.41) is 20.9. The van der Waals surface area contributed by atoms with Crippen LogP contribution in [0.3, 0.4) is 0 Å². The first-order valence-corrected chi connectivity index (χ1v) is 5.03. The van der Waals surface area contributed by atoms with Crippen LogP contribution >= 0.6 is 0 Å². The smallest absolute Gasteiger partial charge is 0.130 e. The van der Waals surface area contributed by atoms with Gasteiger partial charge in [0, 0.05) is 6.54 Å². The minimum atomic E-state index is -0.706. The molecule has 4 nitrogen and oxygen atoms in total. The van der Waals surface area contributed by atoms with Crippen LogP contribution in [0.25, 0.3) is 0 Å². The number of hydrazine groups is 1. The molecule has 0 bridgehead atoms. The van der Waals surface area contributed by atoms with Gasteiger partial charge in [-0.1, -0.05) is 25.1 Å². The molecule has 0 aromatic heterocycles. The highest BCUT2D eigenvalue weighted by molar-refractivity contribution is 5.46. The molecule has 0 spiro atoms. The molecule has 4 heteroatoms. The Morgan fingerprint density at radius 3 is 2.67 bits per heavy atom. The Kier molecular flexibility index (Phi) is 2.65. The van der Waals surface area contributed by atoms with Crippen molar-refractivity contribution in [2.75, 3.05) is 18.2 Å². The number of rotatable bonds is 2. The van der Waals surface area contributed by atoms with Crippen molar-refractivity contribution in [2.45, 2.75) is 13.2 Å². The molecular formula is C11H16N2O2. The van der Waals surface area contributed by atoms with Crippen molar-refractivity contribution in [3.63, 3.8) is 0 Å². The number of para-hydroxylation sites is 1. The standard InChI is InChI=1S/C11H16N2O2/c1-11(8-14)7-13(12-10(11)15)9-5-3-2-4-6-9/h2-6,10,12,14-15H,7-8H2,1H3. The number of anilines is 1. The van der Waals surface area contributed by atoms with Gasteiger partial charge in [0.2, 0.25) is 0 Å². The molecule has 1 fully saturated rings. The van der Waals surface area contributed by atoms with Gasteiger partial charge in [0.15, 0.2) is 0 Å². The van der Waals surface area contributed by atoms with E-state index in [2.05, 4.69) is 5.43 Å². The molecular weight excluding hydrogens is 192 g/mol. The second-order valence-corrected chi connectivity index (χ2v) is 4.27. The Morgan fingerprint density at radius 2 is 2.13 bits per heavy atom. The first kappa shape index (κ1) is 10.4. The van der Waals surface area contributed by atoms with Crippen LogP contribution in [0.15, 0.2) is 30.3 Å². The minimum Gasteiger partial charge on any atom is -0.396 e. The summed E-state index contributed by atoms with van der Waals surface area (Å²) < 4.78 is 0. The maximum atomic E-state index is 9.77. The van der Waals surface area contributed by atoms with Crippen LogP contribution in [0.5, 0.6) is 0 Å². The zero-order valence-corrected chi connectivity index (χ0v) is 8.72. The third-order valence-electron chi connectivity index (χ3n) is 2.89. The molecule has 2 unspecified atom stereocenters. The molecule has 3 N–H and O–H groups in total. The number of aliphatic hydroxyl groups is 2. The predicted octanol–water partition coefficient (Wildman–Crippen LogP) is 0.328. The number of nitrogens with one attached hydrogen (secondary N) is 1. The first-order chi connectivity index (χ1) is 7.15. The lowest BCUT2D eigenvalue weighted by Crippen LogP contribution is -2.39. The zero-order valence-electron chi connectivity index (χ0n) is 8.72. The van der Waals surface area contributed by atoms with Gasteiger partial charge in [-0.05, 0) is 12.1 Å². The lowest BCUT2D eigenvalue weighted by Gasteiger charge is -2.22. The molecule has 0 saturated carbocycles. The van der Waals surface area contributed by atoms with Crippen molar-refractivity contribution < 1.29 is 10.2 Å². The van der Waals surface area contributed by atoms with Crippen LogP contribution in [0.1, 0.15) is 6.92 Å². The molecule has 1 aliphatic heterocycles. The molecule has 15 heavy (non-hydrogen) atoms. The van der Waals surface area contributed by atoms with Gasteiger partial charge in [-0.2, -0.15) is 0 Å². The number of hydrogen-bond acceptors (Lipinski definition) is 4. The first-order valence-electron chi connectivity index (χ1n) is 5.03. The molecule has 0 amide bonds. The summed E-state index contributed by atoms with van der Waals surface area (Å²) in [6.45, 7) is 2.41. The van der Waals surface area contributed by atoms with E-state index < -0.39 is 11.6 Å². The molecule has 82 valence electrons. The molecule has 1 aliphatic rings. The highest BCUT2D eigenvalue weighted by Gasteiger charge is 2.41. The van der Waals surface area contributed by atoms with Crippen molar-refractivity contribution in [3.8, 4) is 0 Å². The van der Waals surface area contributed by atoms with E-state index >= 15 is 0 Å². The van der Waals surface area contributed by atoms with Crippen LogP contribution in [-0.2, 0) is 0 Å². The maximum absolute atomic E-state index is 9.77. The van der Waals surface area contributed by atoms with E-state index in [1.54, 1.807) is 0 Å². The lowest BCUT2D eigenvalue weighted by atomic mass is 9.91. The van der Waals surface area contributed by atoms with Gasteiger partial charge in [0.25, 0.3) is 0 Å². The molecule has 1 heterocycles. The predicted molar refractivity (Wildman–Crippen MR) is 58.1 cm³/mol. The van der Waals surface area contributed by atoms with E-state index in [-0.39, 0.29) is 6.61 Å². The van der Waals surface area contributed by atoms with E-state index in [0.29, 0.717) is 6.54 Å². The van der Waals surface area contributed by atoms with Crippen LogP contribution in [0, 0.1) is 5.41 Å². The van der Waals surface area contributed by atoms with E-state index in [1.807, 2.05) is 42.3 Å². The third-order valence-corrected chi connectivity index (χ3v) is 2.89. The maximum Gasteiger partial charge on any atom is 0.130 e. The Bertz CT molecular complexity index is 331. The summed E-state index contributed by atoms with van der Waals surface area (Å²) in [6, 6.07) is 9.75. The van der Waals surface area contributed by atoms with Crippen molar-refractivity contribution in [1.82, 2.24) is 5.43 Å². The van der Waals surface area contributed by atoms with Gasteiger partial charge in [0.1, 0.15) is 6.23 Å². The van der Waals surface area contributed by atoms with Crippen molar-refractivity contribution in [2.24, 2.45) is 5.41 Å². The van der Waals surface area contributed by atoms with Gasteiger partial charge in [0.05, 0.1) is 17.7 Å². The topological polar surface area (TPSA) is 55.7 Å². The van der Waals surface area contributed by atoms with Gasteiger partial charge >= 0.3 is 0 Å². The molecule has 1 aromatic carbocycles. The number of nitrogens with zero attached hydrogens (tertiary/aromatic N) is 1. The fourth-order valence-electron chi connectivity index (χ4n) is 1.71. The van der Waals surface area contributed by atoms with Crippen molar-refractivity contribution in [1.29, 1.82) is 0 Å². The van der Waals surface area contributed by atoms with Crippen LogP contribution in [0.4, 0.5) is 5.69 Å². The number of hydrogen-bond donors (Lipinski definition) is 3. The van der Waals surface area contributed by atoms with Crippen LogP contribution in [-0.4, -0.2) is 29.6 Å². The van der Waals surface area contributed by atoms with Gasteiger partial charge in [-0.15, -0.1) is 0 Å². The summed E-state index contributed by atoms with van der Waals surface area (Å²) >= 11 is 0. The highest BCUT2D eigenvalue weighted by Crippen LogP contribution is 2.29. The van der Waals surface area contributed by atoms with Crippen LogP contribution < -0.4 is 10.4 Å². The summed E-state index contributed by atoms with van der Waals surface area (Å²) in [7, 11) is 0. The quantitative estimate of drug-likeness (QED) is 0.655.